The average Bonchev–Trinajstić information content (AvgIpc) is 3.69. The molecule has 6 aromatic heterocycles. The molecule has 0 fully saturated rings. The molecule has 0 atom stereocenters. The van der Waals surface area contributed by atoms with Crippen molar-refractivity contribution in [2.45, 2.75) is 20.0 Å². The van der Waals surface area contributed by atoms with Gasteiger partial charge in [0.15, 0.2) is 16.5 Å². The second-order valence-corrected chi connectivity index (χ2v) is 13.1. The van der Waals surface area contributed by atoms with Crippen LogP contribution in [0.2, 0.25) is 5.02 Å². The number of rotatable bonds is 9. The number of nitrogens with two attached hydrogens (primary N) is 2. The Morgan fingerprint density at radius 1 is 0.686 bits per heavy atom. The zero-order valence-electron chi connectivity index (χ0n) is 27.8. The van der Waals surface area contributed by atoms with Crippen LogP contribution in [-0.4, -0.2) is 64.6 Å². The van der Waals surface area contributed by atoms with Crippen LogP contribution in [-0.2, 0) is 13.1 Å². The van der Waals surface area contributed by atoms with Crippen LogP contribution >= 0.6 is 59.4 Å². The van der Waals surface area contributed by atoms with Crippen molar-refractivity contribution in [3.05, 3.63) is 70.6 Å². The molecule has 0 bridgehead atoms. The molecule has 0 aromatic carbocycles. The van der Waals surface area contributed by atoms with Crippen LogP contribution in [0, 0.1) is 17.3 Å². The Bertz CT molecular complexity index is 2220. The number of nitrogen functional groups attached to an aromatic ring is 2. The summed E-state index contributed by atoms with van der Waals surface area (Å²) in [6.07, 6.45) is 3.57. The van der Waals surface area contributed by atoms with E-state index < -0.39 is 0 Å². The summed E-state index contributed by atoms with van der Waals surface area (Å²) in [6.45, 7) is 2.10. The molecule has 270 valence electrons. The third kappa shape index (κ3) is 6.91. The van der Waals surface area contributed by atoms with Crippen LogP contribution in [0.25, 0.3) is 22.1 Å². The Morgan fingerprint density at radius 3 is 1.59 bits per heavy atom. The summed E-state index contributed by atoms with van der Waals surface area (Å²) in [7, 11) is 7.18. The molecule has 0 saturated heterocycles. The third-order valence-corrected chi connectivity index (χ3v) is 10.1. The lowest BCUT2D eigenvalue weighted by Gasteiger charge is -2.16. The van der Waals surface area contributed by atoms with E-state index in [-0.39, 0.29) is 59.0 Å². The lowest BCUT2D eigenvalue weighted by molar-refractivity contribution is -0.622. The summed E-state index contributed by atoms with van der Waals surface area (Å²) in [5, 5.41) is 27.2. The Kier molecular flexibility index (Phi) is 11.4. The minimum atomic E-state index is -0.0597. The Morgan fingerprint density at radius 2 is 1.14 bits per heavy atom. The Hall–Kier alpha value is -4.53. The molecule has 6 rings (SSSR count). The van der Waals surface area contributed by atoms with Crippen molar-refractivity contribution >= 4 is 93.4 Å². The van der Waals surface area contributed by atoms with Crippen LogP contribution in [0.3, 0.4) is 0 Å². The second-order valence-electron chi connectivity index (χ2n) is 10.5. The summed E-state index contributed by atoms with van der Waals surface area (Å²) in [6, 6.07) is 3.66. The first-order valence-electron chi connectivity index (χ1n) is 14.5. The smallest absolute Gasteiger partial charge is 0.427 e. The molecule has 4 N–H and O–H groups in total. The number of nitrogens with zero attached hydrogens (tertiary/aromatic N) is 8. The van der Waals surface area contributed by atoms with Gasteiger partial charge in [0, 0.05) is 12.4 Å². The molecule has 6 aromatic rings. The highest BCUT2D eigenvalue weighted by Crippen LogP contribution is 2.42. The molecular weight excluding hydrogens is 888 g/mol. The van der Waals surface area contributed by atoms with E-state index in [2.05, 4.69) is 67.7 Å². The van der Waals surface area contributed by atoms with E-state index in [0.717, 1.165) is 15.5 Å². The SMILES string of the molecule is COc1c(C)c(OC)[n+]([O-])c(Cn2ccc3c(Br)nc(N)nc32)c1Br.COc1c(Cl)c(Cn2ccc3c(Br)nc(N)nc32)[n+]([O-])c(OC)c1OC. The van der Waals surface area contributed by atoms with Crippen molar-refractivity contribution in [3.63, 3.8) is 0 Å². The first-order chi connectivity index (χ1) is 24.3. The standard InChI is InChI=1S/C15H15Br2N5O3.C15H15BrClN5O4/c1-7-11(24-2)10(16)9(22(23)14(7)25-3)6-21-5-4-8-12(17)19-15(18)20-13(8)21;1-24-10-9(17)8(22(23)14(26-3)11(10)25-2)6-21-5-4-7-12(16)19-15(18)20-13(7)21/h4-5H,6H2,1-3H3,(H2,18,19,20);4-5H,6H2,1-3H3,(H2,18,19,20). The molecule has 0 saturated carbocycles. The Balaban J connectivity index is 0.000000198. The lowest BCUT2D eigenvalue weighted by atomic mass is 10.2. The van der Waals surface area contributed by atoms with Gasteiger partial charge in [0.25, 0.3) is 5.75 Å². The van der Waals surface area contributed by atoms with Gasteiger partial charge in [-0.3, -0.25) is 0 Å². The molecule has 0 spiro atoms. The number of fused-ring (bicyclic) bond motifs is 2. The fourth-order valence-corrected chi connectivity index (χ4v) is 7.37. The van der Waals surface area contributed by atoms with Gasteiger partial charge in [-0.1, -0.05) is 11.6 Å². The van der Waals surface area contributed by atoms with Gasteiger partial charge in [0.2, 0.25) is 23.3 Å². The van der Waals surface area contributed by atoms with Crippen LogP contribution in [0.15, 0.2) is 38.2 Å². The topological polar surface area (TPSA) is 213 Å². The maximum Gasteiger partial charge on any atom is 0.427 e. The van der Waals surface area contributed by atoms with E-state index in [1.165, 1.54) is 28.4 Å². The Labute approximate surface area is 320 Å². The fourth-order valence-electron chi connectivity index (χ4n) is 5.34. The highest BCUT2D eigenvalue weighted by atomic mass is 79.9. The van der Waals surface area contributed by atoms with Crippen LogP contribution in [0.4, 0.5) is 11.9 Å². The number of methoxy groups -OCH3 is 5. The largest absolute Gasteiger partial charge is 0.616 e. The highest BCUT2D eigenvalue weighted by Gasteiger charge is 2.31. The lowest BCUT2D eigenvalue weighted by Crippen LogP contribution is -2.36. The van der Waals surface area contributed by atoms with Crippen molar-refractivity contribution in [3.8, 4) is 29.0 Å². The molecule has 0 aliphatic carbocycles. The van der Waals surface area contributed by atoms with Gasteiger partial charge < -0.3 is 54.7 Å². The van der Waals surface area contributed by atoms with Crippen molar-refractivity contribution in [2.24, 2.45) is 0 Å². The number of ether oxygens (including phenoxy) is 5. The van der Waals surface area contributed by atoms with Crippen LogP contribution in [0.5, 0.6) is 29.0 Å². The summed E-state index contributed by atoms with van der Waals surface area (Å²) in [5.41, 5.74) is 13.9. The molecule has 51 heavy (non-hydrogen) atoms. The van der Waals surface area contributed by atoms with E-state index in [0.29, 0.717) is 46.7 Å². The number of halogens is 4. The molecule has 0 radical (unpaired) electrons. The maximum absolute atomic E-state index is 12.8. The monoisotopic (exact) mass is 914 g/mol. The summed E-state index contributed by atoms with van der Waals surface area (Å²) < 4.78 is 32.9. The number of pyridine rings is 2. The van der Waals surface area contributed by atoms with Gasteiger partial charge in [-0.15, -0.1) is 9.46 Å². The van der Waals surface area contributed by atoms with E-state index in [1.807, 2.05) is 12.3 Å². The molecular formula is C30H30Br3ClN10O7. The fraction of sp³-hybridized carbons (Fsp3) is 0.267. The first kappa shape index (κ1) is 37.7. The zero-order chi connectivity index (χ0) is 37.3. The van der Waals surface area contributed by atoms with Crippen LogP contribution < -0.4 is 44.6 Å². The first-order valence-corrected chi connectivity index (χ1v) is 17.2. The minimum Gasteiger partial charge on any atom is -0.616 e. The molecule has 17 nitrogen and oxygen atoms in total. The maximum atomic E-state index is 12.8. The van der Waals surface area contributed by atoms with Gasteiger partial charge in [-0.05, 0) is 66.8 Å². The second kappa shape index (κ2) is 15.4. The minimum absolute atomic E-state index is 0.0597. The highest BCUT2D eigenvalue weighted by molar-refractivity contribution is 9.11. The molecule has 0 aliphatic heterocycles. The van der Waals surface area contributed by atoms with Crippen LogP contribution in [0.1, 0.15) is 17.0 Å². The van der Waals surface area contributed by atoms with Crippen molar-refractivity contribution in [1.29, 1.82) is 0 Å². The molecule has 0 aliphatic rings. The van der Waals surface area contributed by atoms with Gasteiger partial charge in [0.1, 0.15) is 43.6 Å². The number of hydrogen-bond donors (Lipinski definition) is 2. The van der Waals surface area contributed by atoms with Crippen molar-refractivity contribution in [1.82, 2.24) is 29.1 Å². The summed E-state index contributed by atoms with van der Waals surface area (Å²) in [4.78, 5) is 16.6. The normalized spacial score (nSPS) is 11.0. The summed E-state index contributed by atoms with van der Waals surface area (Å²) in [5.74, 6) is 1.25. The van der Waals surface area contributed by atoms with E-state index in [4.69, 9.17) is 46.8 Å². The zero-order valence-corrected chi connectivity index (χ0v) is 33.3. The molecule has 6 heterocycles. The molecule has 0 unspecified atom stereocenters. The molecule has 0 amide bonds. The van der Waals surface area contributed by atoms with Gasteiger partial charge in [0.05, 0.1) is 46.3 Å². The number of anilines is 2. The average molecular weight is 918 g/mol. The van der Waals surface area contributed by atoms with Gasteiger partial charge >= 0.3 is 11.8 Å². The van der Waals surface area contributed by atoms with Crippen molar-refractivity contribution in [2.75, 3.05) is 47.0 Å². The third-order valence-electron chi connectivity index (χ3n) is 7.64. The van der Waals surface area contributed by atoms with E-state index >= 15 is 0 Å². The summed E-state index contributed by atoms with van der Waals surface area (Å²) >= 11 is 16.6. The van der Waals surface area contributed by atoms with Gasteiger partial charge in [-0.2, -0.15) is 9.97 Å². The molecule has 21 heteroatoms. The van der Waals surface area contributed by atoms with Gasteiger partial charge in [-0.25, -0.2) is 9.97 Å². The predicted molar refractivity (Wildman–Crippen MR) is 198 cm³/mol. The quantitative estimate of drug-likeness (QED) is 0.115. The number of hydrogen-bond acceptors (Lipinski definition) is 13. The van der Waals surface area contributed by atoms with E-state index in [1.54, 1.807) is 35.4 Å². The number of aromatic nitrogens is 8. The predicted octanol–water partition coefficient (Wildman–Crippen LogP) is 4.68. The van der Waals surface area contributed by atoms with E-state index in [9.17, 15) is 10.4 Å². The van der Waals surface area contributed by atoms with Crippen molar-refractivity contribution < 1.29 is 33.1 Å².